The van der Waals surface area contributed by atoms with Crippen LogP contribution in [-0.4, -0.2) is 39.2 Å². The van der Waals surface area contributed by atoms with Gasteiger partial charge in [0.2, 0.25) is 15.8 Å². The second-order valence-electron chi connectivity index (χ2n) is 7.41. The minimum atomic E-state index is -3.79. The van der Waals surface area contributed by atoms with E-state index in [4.69, 9.17) is 9.78 Å². The first-order chi connectivity index (χ1) is 15.5. The van der Waals surface area contributed by atoms with Gasteiger partial charge >= 0.3 is 0 Å². The third kappa shape index (κ3) is 3.37. The molecule has 4 aromatic rings. The number of hydrogen-bond acceptors (Lipinski definition) is 7. The lowest BCUT2D eigenvalue weighted by Gasteiger charge is -2.26. The largest absolute Gasteiger partial charge is 0.332 e. The van der Waals surface area contributed by atoms with E-state index in [1.54, 1.807) is 16.8 Å². The Morgan fingerprint density at radius 3 is 2.72 bits per heavy atom. The summed E-state index contributed by atoms with van der Waals surface area (Å²) in [5, 5.41) is 17.7. The van der Waals surface area contributed by atoms with Crippen molar-refractivity contribution in [3.63, 3.8) is 0 Å². The van der Waals surface area contributed by atoms with Gasteiger partial charge in [-0.05, 0) is 18.2 Å². The van der Waals surface area contributed by atoms with E-state index in [0.29, 0.717) is 30.0 Å². The van der Waals surface area contributed by atoms with Crippen molar-refractivity contribution >= 4 is 10.0 Å². The predicted octanol–water partition coefficient (Wildman–Crippen LogP) is 2.76. The number of benzene rings is 2. The van der Waals surface area contributed by atoms with Gasteiger partial charge in [0.1, 0.15) is 0 Å². The highest BCUT2D eigenvalue weighted by Gasteiger charge is 2.33. The van der Waals surface area contributed by atoms with E-state index < -0.39 is 10.0 Å². The van der Waals surface area contributed by atoms with E-state index in [-0.39, 0.29) is 17.3 Å². The fourth-order valence-corrected chi connectivity index (χ4v) is 5.30. The molecule has 3 heterocycles. The van der Waals surface area contributed by atoms with Crippen molar-refractivity contribution in [2.45, 2.75) is 17.9 Å². The fourth-order valence-electron chi connectivity index (χ4n) is 3.84. The van der Waals surface area contributed by atoms with Crippen LogP contribution in [0.3, 0.4) is 0 Å². The lowest BCUT2D eigenvalue weighted by atomic mass is 10.1. The molecule has 1 aliphatic rings. The second-order valence-corrected chi connectivity index (χ2v) is 9.35. The topological polar surface area (TPSA) is 118 Å². The lowest BCUT2D eigenvalue weighted by Crippen LogP contribution is -2.36. The third-order valence-electron chi connectivity index (χ3n) is 5.47. The van der Waals surface area contributed by atoms with Crippen molar-refractivity contribution in [1.82, 2.24) is 24.2 Å². The first-order valence-electron chi connectivity index (χ1n) is 9.92. The highest BCUT2D eigenvalue weighted by molar-refractivity contribution is 7.89. The van der Waals surface area contributed by atoms with Gasteiger partial charge in [-0.15, -0.1) is 0 Å². The summed E-state index contributed by atoms with van der Waals surface area (Å²) in [6.07, 6.45) is 0.496. The lowest BCUT2D eigenvalue weighted by molar-refractivity contribution is 0.385. The van der Waals surface area contributed by atoms with Gasteiger partial charge in [0.15, 0.2) is 5.69 Å². The Morgan fingerprint density at radius 2 is 1.94 bits per heavy atom. The van der Waals surface area contributed by atoms with Crippen LogP contribution in [0.4, 0.5) is 0 Å². The number of nitriles is 1. The molecule has 10 heteroatoms. The van der Waals surface area contributed by atoms with E-state index >= 15 is 0 Å². The minimum absolute atomic E-state index is 0.0922. The molecule has 0 spiro atoms. The molecule has 2 aromatic heterocycles. The number of aryl methyl sites for hydroxylation is 1. The van der Waals surface area contributed by atoms with E-state index in [0.717, 1.165) is 16.8 Å². The van der Waals surface area contributed by atoms with Crippen molar-refractivity contribution in [3.05, 3.63) is 71.4 Å². The molecule has 9 nitrogen and oxygen atoms in total. The molecule has 0 bridgehead atoms. The monoisotopic (exact) mass is 446 g/mol. The zero-order valence-electron chi connectivity index (χ0n) is 17.1. The molecule has 0 radical (unpaired) electrons. The standard InChI is InChI=1S/C22H18N6O3S/c1-27-19-10-11-28(32(29,30)17-9-5-6-15(12-17)13-23)14-18(19)20(25-27)22-24-21(26-31-22)16-7-3-2-4-8-16/h2-9,12H,10-11,14H2,1H3. The number of rotatable bonds is 4. The van der Waals surface area contributed by atoms with Crippen LogP contribution in [0.5, 0.6) is 0 Å². The molecule has 32 heavy (non-hydrogen) atoms. The molecular weight excluding hydrogens is 428 g/mol. The van der Waals surface area contributed by atoms with Gasteiger partial charge in [0, 0.05) is 43.4 Å². The van der Waals surface area contributed by atoms with Gasteiger partial charge in [-0.2, -0.15) is 19.6 Å². The number of hydrogen-bond donors (Lipinski definition) is 0. The molecule has 160 valence electrons. The summed E-state index contributed by atoms with van der Waals surface area (Å²) >= 11 is 0. The number of nitrogens with zero attached hydrogens (tertiary/aromatic N) is 6. The average molecular weight is 446 g/mol. The molecule has 0 saturated carbocycles. The van der Waals surface area contributed by atoms with Crippen molar-refractivity contribution < 1.29 is 12.9 Å². The fraction of sp³-hybridized carbons (Fsp3) is 0.182. The number of aromatic nitrogens is 4. The quantitative estimate of drug-likeness (QED) is 0.473. The smallest absolute Gasteiger partial charge is 0.279 e. The summed E-state index contributed by atoms with van der Waals surface area (Å²) in [6, 6.07) is 17.5. The zero-order chi connectivity index (χ0) is 22.3. The Hall–Kier alpha value is -3.81. The van der Waals surface area contributed by atoms with Crippen LogP contribution in [0, 0.1) is 11.3 Å². The molecule has 5 rings (SSSR count). The number of fused-ring (bicyclic) bond motifs is 1. The van der Waals surface area contributed by atoms with Crippen LogP contribution in [0.15, 0.2) is 64.0 Å². The van der Waals surface area contributed by atoms with Crippen LogP contribution in [-0.2, 0) is 30.0 Å². The van der Waals surface area contributed by atoms with Gasteiger partial charge in [0.05, 0.1) is 16.5 Å². The van der Waals surface area contributed by atoms with Gasteiger partial charge in [-0.25, -0.2) is 8.42 Å². The Kier molecular flexibility index (Phi) is 4.84. The summed E-state index contributed by atoms with van der Waals surface area (Å²) in [6.45, 7) is 0.435. The Bertz CT molecular complexity index is 1450. The first-order valence-corrected chi connectivity index (χ1v) is 11.4. The molecule has 0 aliphatic carbocycles. The Labute approximate surface area is 184 Å². The van der Waals surface area contributed by atoms with Gasteiger partial charge in [-0.1, -0.05) is 41.6 Å². The summed E-state index contributed by atoms with van der Waals surface area (Å²) in [5.74, 6) is 0.681. The summed E-state index contributed by atoms with van der Waals surface area (Å²) in [4.78, 5) is 4.57. The van der Waals surface area contributed by atoms with Crippen molar-refractivity contribution in [3.8, 4) is 29.0 Å². The summed E-state index contributed by atoms with van der Waals surface area (Å²) < 4.78 is 35.1. The highest BCUT2D eigenvalue weighted by Crippen LogP contribution is 2.32. The predicted molar refractivity (Wildman–Crippen MR) is 114 cm³/mol. The number of sulfonamides is 1. The van der Waals surface area contributed by atoms with Crippen LogP contribution in [0.1, 0.15) is 16.8 Å². The maximum absolute atomic E-state index is 13.2. The SMILES string of the molecule is Cn1nc(-c2nc(-c3ccccc3)no2)c2c1CCN(S(=O)(=O)c1cccc(C#N)c1)C2. The molecule has 0 amide bonds. The zero-order valence-corrected chi connectivity index (χ0v) is 18.0. The van der Waals surface area contributed by atoms with Gasteiger partial charge < -0.3 is 4.52 Å². The van der Waals surface area contributed by atoms with Crippen molar-refractivity contribution in [2.75, 3.05) is 6.54 Å². The van der Waals surface area contributed by atoms with Crippen LogP contribution >= 0.6 is 0 Å². The highest BCUT2D eigenvalue weighted by atomic mass is 32.2. The summed E-state index contributed by atoms with van der Waals surface area (Å²) in [5.41, 5.74) is 3.25. The van der Waals surface area contributed by atoms with E-state index in [1.807, 2.05) is 43.4 Å². The average Bonchev–Trinajstić information content (AvgIpc) is 3.44. The summed E-state index contributed by atoms with van der Waals surface area (Å²) in [7, 11) is -1.97. The van der Waals surface area contributed by atoms with E-state index in [1.165, 1.54) is 16.4 Å². The molecule has 2 aromatic carbocycles. The molecular formula is C22H18N6O3S. The molecule has 0 atom stereocenters. The van der Waals surface area contributed by atoms with Crippen LogP contribution < -0.4 is 0 Å². The Balaban J connectivity index is 1.50. The van der Waals surface area contributed by atoms with Crippen molar-refractivity contribution in [1.29, 1.82) is 5.26 Å². The van der Waals surface area contributed by atoms with Crippen molar-refractivity contribution in [2.24, 2.45) is 7.05 Å². The van der Waals surface area contributed by atoms with Crippen LogP contribution in [0.2, 0.25) is 0 Å². The third-order valence-corrected chi connectivity index (χ3v) is 7.31. The second kappa shape index (κ2) is 7.71. The first kappa shape index (κ1) is 20.1. The van der Waals surface area contributed by atoms with Gasteiger partial charge in [0.25, 0.3) is 5.89 Å². The molecule has 1 aliphatic heterocycles. The Morgan fingerprint density at radius 1 is 1.12 bits per heavy atom. The van der Waals surface area contributed by atoms with E-state index in [2.05, 4.69) is 15.2 Å². The van der Waals surface area contributed by atoms with Crippen LogP contribution in [0.25, 0.3) is 23.0 Å². The van der Waals surface area contributed by atoms with E-state index in [9.17, 15) is 8.42 Å². The normalized spacial score (nSPS) is 14.1. The minimum Gasteiger partial charge on any atom is -0.332 e. The molecule has 0 unspecified atom stereocenters. The maximum atomic E-state index is 13.2. The molecule has 0 N–H and O–H groups in total. The maximum Gasteiger partial charge on any atom is 0.279 e. The molecule has 0 fully saturated rings. The molecule has 0 saturated heterocycles. The van der Waals surface area contributed by atoms with Gasteiger partial charge in [-0.3, -0.25) is 4.68 Å².